The van der Waals surface area contributed by atoms with Crippen LogP contribution in [-0.4, -0.2) is 49.2 Å². The number of methoxy groups -OCH3 is 1. The molecule has 4 rings (SSSR count). The number of hydrogen-bond acceptors (Lipinski definition) is 6. The Hall–Kier alpha value is -2.53. The summed E-state index contributed by atoms with van der Waals surface area (Å²) < 4.78 is 46.1. The van der Waals surface area contributed by atoms with Gasteiger partial charge in [-0.15, -0.1) is 0 Å². The monoisotopic (exact) mass is 505 g/mol. The molecule has 2 amide bonds. The number of ether oxygens (including phenoxy) is 1. The summed E-state index contributed by atoms with van der Waals surface area (Å²) >= 11 is 0. The molecule has 1 aliphatic carbocycles. The van der Waals surface area contributed by atoms with Gasteiger partial charge >= 0.3 is 6.03 Å². The lowest BCUT2D eigenvalue weighted by Gasteiger charge is -2.36. The molecule has 0 bridgehead atoms. The van der Waals surface area contributed by atoms with E-state index in [-0.39, 0.29) is 17.4 Å². The zero-order chi connectivity index (χ0) is 25.2. The number of nitrogens with zero attached hydrogens (tertiary/aromatic N) is 1. The summed E-state index contributed by atoms with van der Waals surface area (Å²) in [6, 6.07) is 9.68. The van der Waals surface area contributed by atoms with E-state index >= 15 is 0 Å². The molecule has 4 unspecified atom stereocenters. The molecule has 8 nitrogen and oxygen atoms in total. The maximum atomic E-state index is 14.0. The molecule has 1 aliphatic heterocycles. The summed E-state index contributed by atoms with van der Waals surface area (Å²) in [6.07, 6.45) is 0.451. The lowest BCUT2D eigenvalue weighted by Crippen LogP contribution is -2.51. The predicted octanol–water partition coefficient (Wildman–Crippen LogP) is 3.44. The summed E-state index contributed by atoms with van der Waals surface area (Å²) in [5.74, 6) is -0.580. The number of benzene rings is 2. The zero-order valence-corrected chi connectivity index (χ0v) is 20.7. The number of rotatable bonds is 7. The normalized spacial score (nSPS) is 22.9. The van der Waals surface area contributed by atoms with Crippen LogP contribution in [0.15, 0.2) is 42.5 Å². The molecule has 1 heterocycles. The lowest BCUT2D eigenvalue weighted by atomic mass is 9.92. The van der Waals surface area contributed by atoms with Crippen LogP contribution in [0.1, 0.15) is 54.5 Å². The number of urea groups is 1. The van der Waals surface area contributed by atoms with Crippen LogP contribution >= 0.6 is 0 Å². The Morgan fingerprint density at radius 1 is 1.23 bits per heavy atom. The summed E-state index contributed by atoms with van der Waals surface area (Å²) in [6.45, 7) is 3.06. The minimum atomic E-state index is -3.50. The quantitative estimate of drug-likeness (QED) is 0.393. The number of halogens is 1. The maximum absolute atomic E-state index is 14.0. The van der Waals surface area contributed by atoms with Crippen LogP contribution in [0.25, 0.3) is 0 Å². The highest BCUT2D eigenvalue weighted by Gasteiger charge is 2.40. The molecular formula is C25H32FN3O5S. The Morgan fingerprint density at radius 2 is 1.97 bits per heavy atom. The van der Waals surface area contributed by atoms with Gasteiger partial charge in [-0.3, -0.25) is 5.21 Å². The van der Waals surface area contributed by atoms with Gasteiger partial charge in [-0.25, -0.2) is 17.6 Å². The van der Waals surface area contributed by atoms with Gasteiger partial charge in [0.2, 0.25) is 0 Å². The fourth-order valence-electron chi connectivity index (χ4n) is 5.03. The van der Waals surface area contributed by atoms with E-state index in [0.717, 1.165) is 24.2 Å². The molecule has 0 radical (unpaired) electrons. The summed E-state index contributed by atoms with van der Waals surface area (Å²) in [7, 11) is -2.03. The molecular weight excluding hydrogens is 473 g/mol. The number of sulfone groups is 1. The van der Waals surface area contributed by atoms with Gasteiger partial charge in [-0.1, -0.05) is 36.4 Å². The molecule has 4 atom stereocenters. The molecule has 0 aromatic heterocycles. The van der Waals surface area contributed by atoms with E-state index in [2.05, 4.69) is 10.6 Å². The van der Waals surface area contributed by atoms with Crippen molar-refractivity contribution in [2.45, 2.75) is 68.5 Å². The molecule has 35 heavy (non-hydrogen) atoms. The number of hydrogen-bond donors (Lipinski definition) is 3. The van der Waals surface area contributed by atoms with Gasteiger partial charge in [-0.2, -0.15) is 5.06 Å². The molecule has 10 heteroatoms. The number of hydroxylamine groups is 2. The van der Waals surface area contributed by atoms with E-state index in [1.165, 1.54) is 37.8 Å². The van der Waals surface area contributed by atoms with Crippen LogP contribution in [0.2, 0.25) is 0 Å². The molecule has 0 saturated heterocycles. The van der Waals surface area contributed by atoms with E-state index < -0.39 is 39.1 Å². The first-order valence-electron chi connectivity index (χ1n) is 11.8. The summed E-state index contributed by atoms with van der Waals surface area (Å²) in [4.78, 5) is 12.6. The highest BCUT2D eigenvalue weighted by molar-refractivity contribution is 7.91. The van der Waals surface area contributed by atoms with Crippen LogP contribution < -0.4 is 10.6 Å². The maximum Gasteiger partial charge on any atom is 0.341 e. The molecule has 1 saturated carbocycles. The molecule has 190 valence electrons. The second kappa shape index (κ2) is 10.6. The highest BCUT2D eigenvalue weighted by atomic mass is 32.2. The van der Waals surface area contributed by atoms with Gasteiger partial charge in [0.15, 0.2) is 9.84 Å². The van der Waals surface area contributed by atoms with E-state index in [9.17, 15) is 22.8 Å². The smallest absolute Gasteiger partial charge is 0.341 e. The average Bonchev–Trinajstić information content (AvgIpc) is 3.31. The first-order valence-corrected chi connectivity index (χ1v) is 13.5. The van der Waals surface area contributed by atoms with Crippen molar-refractivity contribution >= 4 is 15.9 Å². The average molecular weight is 506 g/mol. The van der Waals surface area contributed by atoms with Gasteiger partial charge in [0.1, 0.15) is 5.82 Å². The fourth-order valence-corrected chi connectivity index (χ4v) is 7.07. The molecule has 2 aromatic carbocycles. The number of amides is 2. The molecule has 3 N–H and O–H groups in total. The second-order valence-corrected chi connectivity index (χ2v) is 11.5. The predicted molar refractivity (Wildman–Crippen MR) is 129 cm³/mol. The SMILES string of the molecule is COC1CC(NC(=O)N(O)C(C)c2ccccc2F)CCC1S(=O)(=O)Cc1ccc2c(c1)CNC2. The Labute approximate surface area is 205 Å². The fraction of sp³-hybridized carbons (Fsp3) is 0.480. The van der Waals surface area contributed by atoms with Crippen LogP contribution in [0.5, 0.6) is 0 Å². The second-order valence-electron chi connectivity index (χ2n) is 9.33. The van der Waals surface area contributed by atoms with Crippen LogP contribution in [0.4, 0.5) is 9.18 Å². The van der Waals surface area contributed by atoms with Crippen molar-refractivity contribution in [3.63, 3.8) is 0 Å². The third-order valence-electron chi connectivity index (χ3n) is 7.02. The van der Waals surface area contributed by atoms with E-state index in [0.29, 0.717) is 24.3 Å². The van der Waals surface area contributed by atoms with E-state index in [1.807, 2.05) is 18.2 Å². The van der Waals surface area contributed by atoms with Gasteiger partial charge in [-0.05, 0) is 48.9 Å². The van der Waals surface area contributed by atoms with Gasteiger partial charge in [0.05, 0.1) is 23.1 Å². The van der Waals surface area contributed by atoms with Crippen molar-refractivity contribution in [1.82, 2.24) is 15.7 Å². The highest BCUT2D eigenvalue weighted by Crippen LogP contribution is 2.30. The minimum Gasteiger partial charge on any atom is -0.380 e. The molecule has 2 aliphatic rings. The Kier molecular flexibility index (Phi) is 7.75. The van der Waals surface area contributed by atoms with E-state index in [4.69, 9.17) is 4.74 Å². The van der Waals surface area contributed by atoms with Gasteiger partial charge in [0.25, 0.3) is 0 Å². The molecule has 0 spiro atoms. The number of nitrogens with one attached hydrogen (secondary N) is 2. The number of carbonyl (C=O) groups is 1. The third kappa shape index (κ3) is 5.66. The van der Waals surface area contributed by atoms with Crippen LogP contribution in [-0.2, 0) is 33.4 Å². The van der Waals surface area contributed by atoms with Gasteiger partial charge in [0, 0.05) is 31.8 Å². The Bertz CT molecular complexity index is 1180. The van der Waals surface area contributed by atoms with Crippen molar-refractivity contribution in [3.8, 4) is 0 Å². The van der Waals surface area contributed by atoms with Crippen LogP contribution in [0.3, 0.4) is 0 Å². The van der Waals surface area contributed by atoms with Crippen molar-refractivity contribution in [2.24, 2.45) is 0 Å². The lowest BCUT2D eigenvalue weighted by molar-refractivity contribution is -0.0769. The van der Waals surface area contributed by atoms with Crippen molar-refractivity contribution in [2.75, 3.05) is 7.11 Å². The van der Waals surface area contributed by atoms with Gasteiger partial charge < -0.3 is 15.4 Å². The summed E-state index contributed by atoms with van der Waals surface area (Å²) in [5, 5.41) is 16.1. The van der Waals surface area contributed by atoms with Crippen molar-refractivity contribution in [1.29, 1.82) is 0 Å². The standard InChI is InChI=1S/C25H32FN3O5S/c1-16(21-5-3-4-6-22(21)26)29(31)25(30)28-20-9-10-24(23(12-20)34-2)35(32,33)15-17-7-8-18-13-27-14-19(18)11-17/h3-8,11,16,20,23-24,27,31H,9-10,12-15H2,1-2H3,(H,28,30). The first kappa shape index (κ1) is 25.6. The largest absolute Gasteiger partial charge is 0.380 e. The minimum absolute atomic E-state index is 0.0631. The zero-order valence-electron chi connectivity index (χ0n) is 19.9. The molecule has 1 fully saturated rings. The third-order valence-corrected chi connectivity index (χ3v) is 9.22. The molecule has 2 aromatic rings. The van der Waals surface area contributed by atoms with Crippen molar-refractivity contribution < 1.29 is 27.5 Å². The summed E-state index contributed by atoms with van der Waals surface area (Å²) in [5.41, 5.74) is 3.28. The topological polar surface area (TPSA) is 108 Å². The Morgan fingerprint density at radius 3 is 2.71 bits per heavy atom. The Balaban J connectivity index is 1.37. The van der Waals surface area contributed by atoms with Crippen LogP contribution in [0, 0.1) is 5.82 Å². The van der Waals surface area contributed by atoms with E-state index in [1.54, 1.807) is 6.07 Å². The number of carbonyl (C=O) groups excluding carboxylic acids is 1. The van der Waals surface area contributed by atoms with Crippen molar-refractivity contribution in [3.05, 3.63) is 70.5 Å². The number of fused-ring (bicyclic) bond motifs is 1. The first-order chi connectivity index (χ1) is 16.7.